The number of nitrogens with one attached hydrogen (secondary N) is 1. The van der Waals surface area contributed by atoms with Gasteiger partial charge in [-0.25, -0.2) is 4.85 Å². The predicted molar refractivity (Wildman–Crippen MR) is 215 cm³/mol. The van der Waals surface area contributed by atoms with Crippen molar-refractivity contribution in [2.45, 2.75) is 51.2 Å². The molecular formula is C43H43ClN8O6. The summed E-state index contributed by atoms with van der Waals surface area (Å²) in [6, 6.07) is 15.9. The lowest BCUT2D eigenvalue weighted by Gasteiger charge is -2.40. The normalized spacial score (nSPS) is 21.7. The van der Waals surface area contributed by atoms with E-state index in [0.717, 1.165) is 72.8 Å². The predicted octanol–water partition coefficient (Wildman–Crippen LogP) is 4.09. The molecule has 1 spiro atoms. The molecule has 0 aliphatic carbocycles. The minimum Gasteiger partial charge on any atom is -0.372 e. The second kappa shape index (κ2) is 14.9. The Morgan fingerprint density at radius 1 is 0.793 bits per heavy atom. The Bertz CT molecular complexity index is 2260. The summed E-state index contributed by atoms with van der Waals surface area (Å²) >= 11 is 6.32. The van der Waals surface area contributed by atoms with Crippen LogP contribution in [0.25, 0.3) is 4.85 Å². The maximum atomic E-state index is 13.7. The van der Waals surface area contributed by atoms with Crippen LogP contribution in [0.1, 0.15) is 74.3 Å². The van der Waals surface area contributed by atoms with Crippen molar-refractivity contribution in [3.8, 4) is 0 Å². The molecule has 6 aliphatic heterocycles. The third-order valence-electron chi connectivity index (χ3n) is 13.0. The summed E-state index contributed by atoms with van der Waals surface area (Å²) in [6.45, 7) is 14.0. The second-order valence-corrected chi connectivity index (χ2v) is 16.8. The first-order valence-electron chi connectivity index (χ1n) is 19.9. The molecule has 6 aliphatic rings. The Kier molecular flexibility index (Phi) is 9.68. The van der Waals surface area contributed by atoms with E-state index < -0.39 is 29.7 Å². The summed E-state index contributed by atoms with van der Waals surface area (Å²) in [7, 11) is 0. The average molecular weight is 803 g/mol. The lowest BCUT2D eigenvalue weighted by molar-refractivity contribution is -0.136. The fourth-order valence-electron chi connectivity index (χ4n) is 9.55. The number of piperidine rings is 2. The number of carbonyl (C=O) groups is 6. The molecule has 1 N–H and O–H groups in total. The van der Waals surface area contributed by atoms with E-state index in [-0.39, 0.29) is 47.7 Å². The van der Waals surface area contributed by atoms with Crippen LogP contribution in [0, 0.1) is 12.0 Å². The lowest BCUT2D eigenvalue weighted by atomic mass is 9.77. The van der Waals surface area contributed by atoms with Crippen molar-refractivity contribution < 1.29 is 28.8 Å². The highest BCUT2D eigenvalue weighted by Gasteiger charge is 2.46. The minimum atomic E-state index is -1.03. The topological polar surface area (TPSA) is 138 Å². The van der Waals surface area contributed by atoms with Crippen molar-refractivity contribution in [2.24, 2.45) is 5.41 Å². The van der Waals surface area contributed by atoms with Crippen LogP contribution < -0.4 is 15.1 Å². The molecule has 14 nitrogen and oxygen atoms in total. The summed E-state index contributed by atoms with van der Waals surface area (Å²) in [5, 5.41) is 2.70. The van der Waals surface area contributed by atoms with Crippen LogP contribution in [0.4, 0.5) is 17.1 Å². The monoisotopic (exact) mass is 802 g/mol. The Hall–Kier alpha value is -5.78. The Morgan fingerprint density at radius 2 is 1.45 bits per heavy atom. The van der Waals surface area contributed by atoms with Crippen molar-refractivity contribution in [1.82, 2.24) is 24.9 Å². The van der Waals surface area contributed by atoms with Crippen LogP contribution in [0.15, 0.2) is 54.6 Å². The lowest BCUT2D eigenvalue weighted by Crippen LogP contribution is -2.54. The smallest absolute Gasteiger partial charge is 0.262 e. The molecule has 4 saturated heterocycles. The molecule has 9 rings (SSSR count). The zero-order valence-electron chi connectivity index (χ0n) is 32.0. The molecule has 15 heteroatoms. The summed E-state index contributed by atoms with van der Waals surface area (Å²) in [5.74, 6) is -2.28. The molecule has 0 bridgehead atoms. The summed E-state index contributed by atoms with van der Waals surface area (Å²) < 4.78 is 0. The van der Waals surface area contributed by atoms with E-state index in [1.54, 1.807) is 23.1 Å². The van der Waals surface area contributed by atoms with E-state index in [0.29, 0.717) is 55.5 Å². The average Bonchev–Trinajstić information content (AvgIpc) is 3.91. The molecule has 298 valence electrons. The van der Waals surface area contributed by atoms with Crippen LogP contribution in [-0.4, -0.2) is 120 Å². The SMILES string of the molecule is [C-]#[N+]c1ccc(N2CCC3(CC2)CCN(c2cccc(C(=O)N4CCN(CC(=O)N5Cc6cc7c(cc6C5)C(=O)N(C5CCC(=O)NC5=O)C7=O)CC4)c2)C3)cc1Cl. The molecule has 6 heterocycles. The van der Waals surface area contributed by atoms with Crippen molar-refractivity contribution in [3.05, 3.63) is 98.9 Å². The molecular weight excluding hydrogens is 760 g/mol. The number of rotatable bonds is 6. The fourth-order valence-corrected chi connectivity index (χ4v) is 9.77. The van der Waals surface area contributed by atoms with Gasteiger partial charge in [-0.2, -0.15) is 0 Å². The molecule has 1 unspecified atom stereocenters. The zero-order valence-corrected chi connectivity index (χ0v) is 32.8. The number of hydrogen-bond donors (Lipinski definition) is 1. The number of halogens is 1. The second-order valence-electron chi connectivity index (χ2n) is 16.4. The fraction of sp³-hybridized carbons (Fsp3) is 0.419. The maximum absolute atomic E-state index is 13.7. The van der Waals surface area contributed by atoms with Gasteiger partial charge in [0.15, 0.2) is 0 Å². The first-order valence-corrected chi connectivity index (χ1v) is 20.3. The van der Waals surface area contributed by atoms with Crippen LogP contribution in [0.2, 0.25) is 5.02 Å². The molecule has 6 amide bonds. The highest BCUT2D eigenvalue weighted by molar-refractivity contribution is 6.33. The third kappa shape index (κ3) is 6.86. The van der Waals surface area contributed by atoms with Gasteiger partial charge in [-0.1, -0.05) is 23.7 Å². The number of benzene rings is 3. The van der Waals surface area contributed by atoms with Crippen LogP contribution in [0.5, 0.6) is 0 Å². The largest absolute Gasteiger partial charge is 0.372 e. The van der Waals surface area contributed by atoms with E-state index in [9.17, 15) is 28.8 Å². The molecule has 0 aromatic heterocycles. The van der Waals surface area contributed by atoms with Crippen molar-refractivity contribution >= 4 is 64.1 Å². The molecule has 1 atom stereocenters. The van der Waals surface area contributed by atoms with Crippen LogP contribution in [-0.2, 0) is 27.5 Å². The standard InChI is InChI=1S/C43H43ClN8O6/c1-45-35-6-5-31(22-34(35)44)48-12-9-43(10-13-48)11-14-50(26-43)30-4-2-3-27(19-30)40(56)49-17-15-47(16-18-49)25-38(54)51-23-28-20-32-33(21-29(28)24-51)42(58)52(41(32)57)36-7-8-37(53)46-39(36)55/h2-6,19-22,36H,7-18,23-26H2,(H,46,53,55). The molecule has 0 radical (unpaired) electrons. The van der Waals surface area contributed by atoms with Gasteiger partial charge >= 0.3 is 0 Å². The summed E-state index contributed by atoms with van der Waals surface area (Å²) in [5.41, 5.74) is 5.48. The van der Waals surface area contributed by atoms with Crippen molar-refractivity contribution in [3.63, 3.8) is 0 Å². The van der Waals surface area contributed by atoms with Crippen molar-refractivity contribution in [1.29, 1.82) is 0 Å². The molecule has 3 aromatic rings. The Labute approximate surface area is 341 Å². The third-order valence-corrected chi connectivity index (χ3v) is 13.3. The molecule has 58 heavy (non-hydrogen) atoms. The van der Waals surface area contributed by atoms with Crippen molar-refractivity contribution in [2.75, 3.05) is 68.7 Å². The highest BCUT2D eigenvalue weighted by Crippen LogP contribution is 2.43. The number of amides is 6. The summed E-state index contributed by atoms with van der Waals surface area (Å²) in [6.07, 6.45) is 3.39. The quantitative estimate of drug-likeness (QED) is 0.289. The van der Waals surface area contributed by atoms with Crippen LogP contribution >= 0.6 is 11.6 Å². The zero-order chi connectivity index (χ0) is 40.3. The molecule has 4 fully saturated rings. The van der Waals surface area contributed by atoms with Gasteiger partial charge in [0.25, 0.3) is 17.7 Å². The Morgan fingerprint density at radius 3 is 2.09 bits per heavy atom. The minimum absolute atomic E-state index is 0.0127. The van der Waals surface area contributed by atoms with Gasteiger partial charge < -0.3 is 19.6 Å². The van der Waals surface area contributed by atoms with E-state index in [4.69, 9.17) is 18.2 Å². The van der Waals surface area contributed by atoms with E-state index >= 15 is 0 Å². The first kappa shape index (κ1) is 37.8. The molecule has 0 saturated carbocycles. The number of nitrogens with zero attached hydrogens (tertiary/aromatic N) is 7. The Balaban J connectivity index is 0.755. The highest BCUT2D eigenvalue weighted by atomic mass is 35.5. The summed E-state index contributed by atoms with van der Waals surface area (Å²) in [4.78, 5) is 92.7. The van der Waals surface area contributed by atoms with Gasteiger partial charge in [0.1, 0.15) is 6.04 Å². The van der Waals surface area contributed by atoms with Gasteiger partial charge in [-0.15, -0.1) is 0 Å². The van der Waals surface area contributed by atoms with Gasteiger partial charge in [0.05, 0.1) is 24.2 Å². The van der Waals surface area contributed by atoms with E-state index in [1.165, 1.54) is 0 Å². The number of imide groups is 2. The van der Waals surface area contributed by atoms with Gasteiger partial charge in [-0.05, 0) is 84.7 Å². The van der Waals surface area contributed by atoms with Crippen LogP contribution in [0.3, 0.4) is 0 Å². The number of fused-ring (bicyclic) bond motifs is 2. The first-order chi connectivity index (χ1) is 28.0. The number of piperazine rings is 1. The van der Waals surface area contributed by atoms with Gasteiger partial charge in [-0.3, -0.25) is 43.9 Å². The number of carbonyl (C=O) groups excluding carboxylic acids is 6. The van der Waals surface area contributed by atoms with E-state index in [1.807, 2.05) is 35.2 Å². The maximum Gasteiger partial charge on any atom is 0.262 e. The number of anilines is 2. The molecule has 3 aromatic carbocycles. The number of hydrogen-bond acceptors (Lipinski definition) is 9. The van der Waals surface area contributed by atoms with Gasteiger partial charge in [0.2, 0.25) is 23.4 Å². The van der Waals surface area contributed by atoms with Gasteiger partial charge in [0, 0.05) is 93.8 Å². The van der Waals surface area contributed by atoms with E-state index in [2.05, 4.69) is 30.9 Å².